The van der Waals surface area contributed by atoms with Gasteiger partial charge in [-0.2, -0.15) is 0 Å². The van der Waals surface area contributed by atoms with E-state index in [9.17, 15) is 9.59 Å². The molecule has 0 aliphatic rings. The number of aryl methyl sites for hydroxylation is 1. The molecule has 0 aliphatic heterocycles. The summed E-state index contributed by atoms with van der Waals surface area (Å²) in [5, 5.41) is 5.84. The third-order valence-corrected chi connectivity index (χ3v) is 5.56. The van der Waals surface area contributed by atoms with Crippen LogP contribution in [0, 0.1) is 0 Å². The number of nitrogens with zero attached hydrogens (tertiary/aromatic N) is 1. The SMILES string of the molecule is CC(C)NC(=O)[C@@H](C)N(Cc1cccc(Cl)c1)C(=O)CCc1cccc2ccccc12. The molecule has 31 heavy (non-hydrogen) atoms. The number of fused-ring (bicyclic) bond motifs is 1. The summed E-state index contributed by atoms with van der Waals surface area (Å²) < 4.78 is 0. The summed E-state index contributed by atoms with van der Waals surface area (Å²) in [6, 6.07) is 21.2. The van der Waals surface area contributed by atoms with Crippen molar-refractivity contribution in [2.24, 2.45) is 0 Å². The molecule has 0 bridgehead atoms. The highest BCUT2D eigenvalue weighted by Gasteiger charge is 2.26. The second-order valence-electron chi connectivity index (χ2n) is 8.13. The summed E-state index contributed by atoms with van der Waals surface area (Å²) in [6.45, 7) is 5.93. The first-order valence-electron chi connectivity index (χ1n) is 10.7. The van der Waals surface area contributed by atoms with E-state index in [1.165, 1.54) is 0 Å². The average Bonchev–Trinajstić information content (AvgIpc) is 2.75. The van der Waals surface area contributed by atoms with E-state index < -0.39 is 6.04 Å². The van der Waals surface area contributed by atoms with Crippen molar-refractivity contribution >= 4 is 34.2 Å². The van der Waals surface area contributed by atoms with Gasteiger partial charge in [0.2, 0.25) is 11.8 Å². The van der Waals surface area contributed by atoms with Crippen LogP contribution in [0.3, 0.4) is 0 Å². The van der Waals surface area contributed by atoms with E-state index in [4.69, 9.17) is 11.6 Å². The number of carbonyl (C=O) groups is 2. The Morgan fingerprint density at radius 3 is 2.42 bits per heavy atom. The van der Waals surface area contributed by atoms with Gasteiger partial charge in [0, 0.05) is 24.0 Å². The molecule has 3 aromatic rings. The number of rotatable bonds is 8. The van der Waals surface area contributed by atoms with Crippen LogP contribution in [0.2, 0.25) is 5.02 Å². The fourth-order valence-corrected chi connectivity index (χ4v) is 3.93. The highest BCUT2D eigenvalue weighted by Crippen LogP contribution is 2.21. The molecule has 0 aromatic heterocycles. The fourth-order valence-electron chi connectivity index (χ4n) is 3.72. The Labute approximate surface area is 189 Å². The van der Waals surface area contributed by atoms with Gasteiger partial charge < -0.3 is 10.2 Å². The van der Waals surface area contributed by atoms with E-state index >= 15 is 0 Å². The molecule has 3 rings (SSSR count). The molecule has 0 fully saturated rings. The van der Waals surface area contributed by atoms with Gasteiger partial charge in [0.25, 0.3) is 0 Å². The Balaban J connectivity index is 1.79. The zero-order chi connectivity index (χ0) is 22.4. The normalized spacial score (nSPS) is 12.0. The van der Waals surface area contributed by atoms with Gasteiger partial charge in [-0.3, -0.25) is 9.59 Å². The van der Waals surface area contributed by atoms with Gasteiger partial charge in [0.05, 0.1) is 0 Å². The molecule has 2 amide bonds. The van der Waals surface area contributed by atoms with Crippen molar-refractivity contribution in [2.75, 3.05) is 0 Å². The van der Waals surface area contributed by atoms with Crippen LogP contribution >= 0.6 is 11.6 Å². The molecule has 0 unspecified atom stereocenters. The topological polar surface area (TPSA) is 49.4 Å². The summed E-state index contributed by atoms with van der Waals surface area (Å²) in [5.41, 5.74) is 2.03. The zero-order valence-electron chi connectivity index (χ0n) is 18.3. The van der Waals surface area contributed by atoms with Crippen LogP contribution in [0.15, 0.2) is 66.7 Å². The molecule has 4 nitrogen and oxygen atoms in total. The van der Waals surface area contributed by atoms with Gasteiger partial charge in [0.1, 0.15) is 6.04 Å². The number of nitrogens with one attached hydrogen (secondary N) is 1. The predicted molar refractivity (Wildman–Crippen MR) is 127 cm³/mol. The molecule has 0 radical (unpaired) electrons. The number of amides is 2. The molecular weight excluding hydrogens is 408 g/mol. The van der Waals surface area contributed by atoms with Crippen molar-refractivity contribution in [3.63, 3.8) is 0 Å². The Bertz CT molecular complexity index is 1060. The van der Waals surface area contributed by atoms with Crippen LogP contribution in [-0.2, 0) is 22.6 Å². The van der Waals surface area contributed by atoms with Crippen LogP contribution in [0.25, 0.3) is 10.8 Å². The molecule has 1 N–H and O–H groups in total. The van der Waals surface area contributed by atoms with Crippen molar-refractivity contribution in [3.05, 3.63) is 82.9 Å². The van der Waals surface area contributed by atoms with Crippen molar-refractivity contribution in [1.82, 2.24) is 10.2 Å². The van der Waals surface area contributed by atoms with Crippen molar-refractivity contribution in [2.45, 2.75) is 52.2 Å². The first kappa shape index (κ1) is 22.8. The Kier molecular flexibility index (Phi) is 7.69. The lowest BCUT2D eigenvalue weighted by Gasteiger charge is -2.29. The molecule has 1 atom stereocenters. The third kappa shape index (κ3) is 6.08. The molecule has 3 aromatic carbocycles. The minimum Gasteiger partial charge on any atom is -0.352 e. The summed E-state index contributed by atoms with van der Waals surface area (Å²) in [7, 11) is 0. The minimum atomic E-state index is -0.582. The molecule has 0 aliphatic carbocycles. The minimum absolute atomic E-state index is 0.00811. The summed E-state index contributed by atoms with van der Waals surface area (Å²) >= 11 is 6.13. The van der Waals surface area contributed by atoms with Gasteiger partial charge in [-0.15, -0.1) is 0 Å². The average molecular weight is 437 g/mol. The Hall–Kier alpha value is -2.85. The van der Waals surface area contributed by atoms with E-state index in [1.54, 1.807) is 17.9 Å². The highest BCUT2D eigenvalue weighted by atomic mass is 35.5. The van der Waals surface area contributed by atoms with E-state index in [-0.39, 0.29) is 17.9 Å². The molecular formula is C26H29ClN2O2. The maximum atomic E-state index is 13.3. The maximum Gasteiger partial charge on any atom is 0.242 e. The van der Waals surface area contributed by atoms with Crippen molar-refractivity contribution in [1.29, 1.82) is 0 Å². The number of halogens is 1. The number of hydrogen-bond acceptors (Lipinski definition) is 2. The molecule has 5 heteroatoms. The third-order valence-electron chi connectivity index (χ3n) is 5.33. The molecule has 162 valence electrons. The molecule has 0 saturated carbocycles. The Morgan fingerprint density at radius 2 is 1.68 bits per heavy atom. The van der Waals surface area contributed by atoms with Gasteiger partial charge in [-0.05, 0) is 61.2 Å². The van der Waals surface area contributed by atoms with Gasteiger partial charge in [0.15, 0.2) is 0 Å². The van der Waals surface area contributed by atoms with Crippen LogP contribution in [0.1, 0.15) is 38.3 Å². The molecule has 0 saturated heterocycles. The van der Waals surface area contributed by atoms with Crippen LogP contribution in [-0.4, -0.2) is 28.8 Å². The monoisotopic (exact) mass is 436 g/mol. The van der Waals surface area contributed by atoms with Crippen LogP contribution < -0.4 is 5.32 Å². The van der Waals surface area contributed by atoms with E-state index in [0.29, 0.717) is 24.4 Å². The van der Waals surface area contributed by atoms with Gasteiger partial charge in [-0.25, -0.2) is 0 Å². The first-order valence-corrected chi connectivity index (χ1v) is 11.0. The Morgan fingerprint density at radius 1 is 0.968 bits per heavy atom. The van der Waals surface area contributed by atoms with Crippen LogP contribution in [0.5, 0.6) is 0 Å². The summed E-state index contributed by atoms with van der Waals surface area (Å²) in [4.78, 5) is 27.6. The lowest BCUT2D eigenvalue weighted by atomic mass is 10.0. The summed E-state index contributed by atoms with van der Waals surface area (Å²) in [6.07, 6.45) is 0.943. The van der Waals surface area contributed by atoms with E-state index in [0.717, 1.165) is 21.9 Å². The zero-order valence-corrected chi connectivity index (χ0v) is 19.0. The van der Waals surface area contributed by atoms with E-state index in [1.807, 2.05) is 50.2 Å². The quantitative estimate of drug-likeness (QED) is 0.516. The van der Waals surface area contributed by atoms with Crippen molar-refractivity contribution < 1.29 is 9.59 Å². The molecule has 0 heterocycles. The highest BCUT2D eigenvalue weighted by molar-refractivity contribution is 6.30. The van der Waals surface area contributed by atoms with Crippen molar-refractivity contribution in [3.8, 4) is 0 Å². The predicted octanol–water partition coefficient (Wildman–Crippen LogP) is 5.37. The standard InChI is InChI=1S/C26H29ClN2O2/c1-18(2)28-26(31)19(3)29(17-20-8-6-12-23(27)16-20)25(30)15-14-22-11-7-10-21-9-4-5-13-24(21)22/h4-13,16,18-19H,14-15,17H2,1-3H3,(H,28,31)/t19-/m1/s1. The lowest BCUT2D eigenvalue weighted by molar-refractivity contribution is -0.140. The fraction of sp³-hybridized carbons (Fsp3) is 0.308. The van der Waals surface area contributed by atoms with Gasteiger partial charge >= 0.3 is 0 Å². The van der Waals surface area contributed by atoms with Crippen LogP contribution in [0.4, 0.5) is 0 Å². The number of carbonyl (C=O) groups excluding carboxylic acids is 2. The summed E-state index contributed by atoms with van der Waals surface area (Å²) in [5.74, 6) is -0.213. The largest absolute Gasteiger partial charge is 0.352 e. The number of hydrogen-bond donors (Lipinski definition) is 1. The van der Waals surface area contributed by atoms with E-state index in [2.05, 4.69) is 29.6 Å². The maximum absolute atomic E-state index is 13.3. The second-order valence-corrected chi connectivity index (χ2v) is 8.57. The first-order chi connectivity index (χ1) is 14.8. The second kappa shape index (κ2) is 10.5. The molecule has 0 spiro atoms. The lowest BCUT2D eigenvalue weighted by Crippen LogP contribution is -2.49. The number of benzene rings is 3. The van der Waals surface area contributed by atoms with Gasteiger partial charge in [-0.1, -0.05) is 66.2 Å². The smallest absolute Gasteiger partial charge is 0.242 e.